The SMILES string of the molecule is [C-]#[N+]c1cc(C#N)cc(Oc2c(Cl)ccc(Cc3cc(C)c(=O)n(COC(=O)CCC(=O)O)n3)c2F)c1. The van der Waals surface area contributed by atoms with Crippen LogP contribution in [-0.2, 0) is 27.5 Å². The monoisotopic (exact) mass is 524 g/mol. The van der Waals surface area contributed by atoms with Crippen LogP contribution in [0.3, 0.4) is 0 Å². The van der Waals surface area contributed by atoms with Gasteiger partial charge >= 0.3 is 11.9 Å². The number of aromatic nitrogens is 2. The second-order valence-corrected chi connectivity index (χ2v) is 8.14. The number of nitriles is 1. The van der Waals surface area contributed by atoms with Crippen molar-refractivity contribution in [2.75, 3.05) is 0 Å². The van der Waals surface area contributed by atoms with E-state index in [9.17, 15) is 14.4 Å². The summed E-state index contributed by atoms with van der Waals surface area (Å²) in [7, 11) is 0. The third kappa shape index (κ3) is 6.90. The second-order valence-electron chi connectivity index (χ2n) is 7.73. The third-order valence-electron chi connectivity index (χ3n) is 4.96. The fourth-order valence-corrected chi connectivity index (χ4v) is 3.40. The summed E-state index contributed by atoms with van der Waals surface area (Å²) < 4.78 is 26.8. The molecule has 1 heterocycles. The van der Waals surface area contributed by atoms with Crippen molar-refractivity contribution in [3.05, 3.63) is 91.4 Å². The van der Waals surface area contributed by atoms with Gasteiger partial charge in [-0.05, 0) is 42.8 Å². The summed E-state index contributed by atoms with van der Waals surface area (Å²) in [5.41, 5.74) is 0.402. The Hall–Kier alpha value is -4.74. The maximum atomic E-state index is 15.4. The number of carbonyl (C=O) groups excluding carboxylic acids is 1. The van der Waals surface area contributed by atoms with Crippen molar-refractivity contribution in [3.63, 3.8) is 0 Å². The summed E-state index contributed by atoms with van der Waals surface area (Å²) >= 11 is 6.15. The van der Waals surface area contributed by atoms with E-state index in [0.29, 0.717) is 0 Å². The Morgan fingerprint density at radius 3 is 2.70 bits per heavy atom. The van der Waals surface area contributed by atoms with Crippen molar-refractivity contribution < 1.29 is 28.6 Å². The van der Waals surface area contributed by atoms with Gasteiger partial charge in [-0.15, -0.1) is 0 Å². The molecular formula is C25H18ClFN4O6. The molecule has 0 bridgehead atoms. The molecule has 2 aromatic carbocycles. The molecule has 0 atom stereocenters. The minimum atomic E-state index is -1.16. The summed E-state index contributed by atoms with van der Waals surface area (Å²) in [6, 6.07) is 10.2. The highest BCUT2D eigenvalue weighted by atomic mass is 35.5. The van der Waals surface area contributed by atoms with E-state index >= 15 is 4.39 Å². The topological polar surface area (TPSA) is 136 Å². The van der Waals surface area contributed by atoms with E-state index in [4.69, 9.17) is 38.0 Å². The van der Waals surface area contributed by atoms with Crippen LogP contribution in [0, 0.1) is 30.6 Å². The third-order valence-corrected chi connectivity index (χ3v) is 5.26. The van der Waals surface area contributed by atoms with Gasteiger partial charge in [0.25, 0.3) is 5.56 Å². The molecule has 0 saturated carbocycles. The van der Waals surface area contributed by atoms with Crippen molar-refractivity contribution in [1.82, 2.24) is 9.78 Å². The first-order chi connectivity index (χ1) is 17.6. The van der Waals surface area contributed by atoms with Gasteiger partial charge in [0, 0.05) is 17.5 Å². The quantitative estimate of drug-likeness (QED) is 0.319. The molecule has 3 aromatic rings. The molecule has 0 radical (unpaired) electrons. The lowest BCUT2D eigenvalue weighted by Gasteiger charge is -2.13. The van der Waals surface area contributed by atoms with Gasteiger partial charge in [0.2, 0.25) is 0 Å². The van der Waals surface area contributed by atoms with E-state index in [0.717, 1.165) is 4.68 Å². The average molecular weight is 525 g/mol. The van der Waals surface area contributed by atoms with Crippen molar-refractivity contribution >= 4 is 29.2 Å². The molecular weight excluding hydrogens is 507 g/mol. The highest BCUT2D eigenvalue weighted by Gasteiger charge is 2.18. The molecule has 0 aliphatic carbocycles. The smallest absolute Gasteiger partial charge is 0.308 e. The maximum absolute atomic E-state index is 15.4. The number of carboxylic acid groups (broad SMARTS) is 1. The zero-order chi connectivity index (χ0) is 27.1. The first-order valence-electron chi connectivity index (χ1n) is 10.6. The number of hydrogen-bond donors (Lipinski definition) is 1. The van der Waals surface area contributed by atoms with Gasteiger partial charge in [0.05, 0.1) is 36.2 Å². The predicted octanol–water partition coefficient (Wildman–Crippen LogP) is 4.52. The Morgan fingerprint density at radius 2 is 2.03 bits per heavy atom. The Morgan fingerprint density at radius 1 is 1.27 bits per heavy atom. The molecule has 0 saturated heterocycles. The number of aryl methyl sites for hydroxylation is 1. The number of esters is 1. The number of ether oxygens (including phenoxy) is 2. The zero-order valence-corrected chi connectivity index (χ0v) is 20.1. The summed E-state index contributed by atoms with van der Waals surface area (Å²) in [6.07, 6.45) is -0.865. The number of carbonyl (C=O) groups is 2. The summed E-state index contributed by atoms with van der Waals surface area (Å²) in [6.45, 7) is 8.13. The van der Waals surface area contributed by atoms with E-state index in [1.807, 2.05) is 6.07 Å². The summed E-state index contributed by atoms with van der Waals surface area (Å²) in [4.78, 5) is 37.9. The van der Waals surface area contributed by atoms with Crippen molar-refractivity contribution in [1.29, 1.82) is 5.26 Å². The molecule has 0 amide bonds. The van der Waals surface area contributed by atoms with E-state index in [-0.39, 0.29) is 57.4 Å². The summed E-state index contributed by atoms with van der Waals surface area (Å²) in [5, 5.41) is 21.9. The lowest BCUT2D eigenvalue weighted by Crippen LogP contribution is -2.28. The molecule has 0 spiro atoms. The van der Waals surface area contributed by atoms with Crippen LogP contribution in [0.5, 0.6) is 11.5 Å². The highest BCUT2D eigenvalue weighted by molar-refractivity contribution is 6.32. The number of aliphatic carboxylic acids is 1. The van der Waals surface area contributed by atoms with Crippen LogP contribution in [0.25, 0.3) is 4.85 Å². The van der Waals surface area contributed by atoms with Gasteiger partial charge < -0.3 is 14.6 Å². The Kier molecular flexibility index (Phi) is 8.56. The van der Waals surface area contributed by atoms with Crippen LogP contribution in [-0.4, -0.2) is 26.8 Å². The first kappa shape index (κ1) is 26.9. The fourth-order valence-electron chi connectivity index (χ4n) is 3.22. The molecule has 0 fully saturated rings. The van der Waals surface area contributed by atoms with Crippen molar-refractivity contribution in [3.8, 4) is 17.6 Å². The van der Waals surface area contributed by atoms with Crippen molar-refractivity contribution in [2.24, 2.45) is 0 Å². The van der Waals surface area contributed by atoms with Gasteiger partial charge in [0.1, 0.15) is 5.75 Å². The number of rotatable bonds is 9. The minimum absolute atomic E-state index is 0.0460. The van der Waals surface area contributed by atoms with Gasteiger partial charge in [-0.2, -0.15) is 15.0 Å². The van der Waals surface area contributed by atoms with Crippen LogP contribution in [0.4, 0.5) is 10.1 Å². The lowest BCUT2D eigenvalue weighted by atomic mass is 10.1. The number of nitrogens with zero attached hydrogens (tertiary/aromatic N) is 4. The van der Waals surface area contributed by atoms with E-state index < -0.39 is 36.5 Å². The van der Waals surface area contributed by atoms with Gasteiger partial charge in [-0.3, -0.25) is 14.4 Å². The second kappa shape index (κ2) is 11.8. The van der Waals surface area contributed by atoms with Crippen molar-refractivity contribution in [2.45, 2.75) is 32.9 Å². The Labute approximate surface area is 214 Å². The number of benzene rings is 2. The van der Waals surface area contributed by atoms with Crippen LogP contribution >= 0.6 is 11.6 Å². The predicted molar refractivity (Wildman–Crippen MR) is 128 cm³/mol. The Bertz CT molecular complexity index is 1490. The minimum Gasteiger partial charge on any atom is -0.481 e. The molecule has 188 valence electrons. The summed E-state index contributed by atoms with van der Waals surface area (Å²) in [5.74, 6) is -3.05. The van der Waals surface area contributed by atoms with E-state index in [2.05, 4.69) is 9.94 Å². The molecule has 1 N–H and O–H groups in total. The molecule has 0 unspecified atom stereocenters. The molecule has 1 aromatic heterocycles. The van der Waals surface area contributed by atoms with Gasteiger partial charge in [-0.1, -0.05) is 17.7 Å². The number of carboxylic acids is 1. The molecule has 10 nitrogen and oxygen atoms in total. The maximum Gasteiger partial charge on any atom is 0.308 e. The van der Waals surface area contributed by atoms with Crippen LogP contribution in [0.2, 0.25) is 5.02 Å². The Balaban J connectivity index is 1.86. The first-order valence-corrected chi connectivity index (χ1v) is 11.0. The fraction of sp³-hybridized carbons (Fsp3) is 0.200. The molecule has 0 aliphatic rings. The molecule has 3 rings (SSSR count). The largest absolute Gasteiger partial charge is 0.481 e. The van der Waals surface area contributed by atoms with E-state index in [1.165, 1.54) is 43.3 Å². The standard InChI is InChI=1S/C25H18ClFN4O6/c1-14-7-18(30-31(25(14)35)13-36-22(34)6-5-21(32)33)10-16-3-4-20(26)24(23(16)27)37-19-9-15(12-28)8-17(11-19)29-2/h3-4,7-9,11H,5-6,10,13H2,1H3,(H,32,33). The van der Waals surface area contributed by atoms with Gasteiger partial charge in [0.15, 0.2) is 24.0 Å². The highest BCUT2D eigenvalue weighted by Crippen LogP contribution is 2.36. The molecule has 0 aliphatic heterocycles. The lowest BCUT2D eigenvalue weighted by molar-refractivity contribution is -0.151. The normalized spacial score (nSPS) is 10.3. The molecule has 37 heavy (non-hydrogen) atoms. The molecule has 12 heteroatoms. The van der Waals surface area contributed by atoms with E-state index in [1.54, 1.807) is 0 Å². The van der Waals surface area contributed by atoms with Crippen LogP contribution < -0.4 is 10.3 Å². The van der Waals surface area contributed by atoms with Crippen LogP contribution in [0.1, 0.15) is 35.2 Å². The zero-order valence-electron chi connectivity index (χ0n) is 19.3. The number of hydrogen-bond acceptors (Lipinski definition) is 7. The average Bonchev–Trinajstić information content (AvgIpc) is 2.87. The van der Waals surface area contributed by atoms with Crippen LogP contribution in [0.15, 0.2) is 41.2 Å². The van der Waals surface area contributed by atoms with Gasteiger partial charge in [-0.25, -0.2) is 9.24 Å². The number of halogens is 2.